The van der Waals surface area contributed by atoms with E-state index in [1.165, 1.54) is 0 Å². The number of anilines is 1. The molecule has 0 spiro atoms. The first-order chi connectivity index (χ1) is 13.3. The maximum atomic E-state index is 13.1. The van der Waals surface area contributed by atoms with Crippen molar-refractivity contribution in [2.24, 2.45) is 0 Å². The van der Waals surface area contributed by atoms with Gasteiger partial charge in [-0.2, -0.15) is 4.98 Å². The molecule has 0 unspecified atom stereocenters. The third-order valence-electron chi connectivity index (χ3n) is 4.62. The summed E-state index contributed by atoms with van der Waals surface area (Å²) in [6, 6.07) is 13.6. The van der Waals surface area contributed by atoms with Crippen molar-refractivity contribution in [2.45, 2.75) is 0 Å². The van der Waals surface area contributed by atoms with Crippen molar-refractivity contribution in [3.05, 3.63) is 59.6 Å². The Bertz CT molecular complexity index is 921. The highest BCUT2D eigenvalue weighted by Crippen LogP contribution is 2.29. The van der Waals surface area contributed by atoms with Crippen LogP contribution in [0.25, 0.3) is 10.4 Å². The Morgan fingerprint density at radius 2 is 1.89 bits per heavy atom. The van der Waals surface area contributed by atoms with Crippen LogP contribution in [0.15, 0.2) is 54.0 Å². The van der Waals surface area contributed by atoms with E-state index in [0.29, 0.717) is 38.0 Å². The molecule has 3 heterocycles. The highest BCUT2D eigenvalue weighted by atomic mass is 32.1. The molecular formula is C20H20N4O2S. The van der Waals surface area contributed by atoms with Crippen LogP contribution in [-0.4, -0.2) is 54.1 Å². The molecule has 0 radical (unpaired) electrons. The van der Waals surface area contributed by atoms with Crippen LogP contribution in [0.4, 0.5) is 5.95 Å². The zero-order valence-corrected chi connectivity index (χ0v) is 15.9. The average Bonchev–Trinajstić information content (AvgIpc) is 3.28. The van der Waals surface area contributed by atoms with Crippen molar-refractivity contribution in [3.63, 3.8) is 0 Å². The molecule has 7 heteroatoms. The van der Waals surface area contributed by atoms with Gasteiger partial charge in [0, 0.05) is 54.4 Å². The molecule has 0 saturated carbocycles. The third kappa shape index (κ3) is 3.64. The quantitative estimate of drug-likeness (QED) is 0.696. The van der Waals surface area contributed by atoms with E-state index < -0.39 is 0 Å². The maximum absolute atomic E-state index is 13.1. The molecule has 0 atom stereocenters. The molecule has 1 aliphatic rings. The zero-order valence-electron chi connectivity index (χ0n) is 15.0. The first-order valence-corrected chi connectivity index (χ1v) is 9.68. The Kier molecular flexibility index (Phi) is 5.02. The summed E-state index contributed by atoms with van der Waals surface area (Å²) < 4.78 is 5.17. The van der Waals surface area contributed by atoms with Crippen molar-refractivity contribution >= 4 is 23.2 Å². The summed E-state index contributed by atoms with van der Waals surface area (Å²) in [7, 11) is 1.59. The fraction of sp³-hybridized carbons (Fsp3) is 0.250. The number of carbonyl (C=O) groups excluding carboxylic acids is 1. The molecule has 1 fully saturated rings. The van der Waals surface area contributed by atoms with Gasteiger partial charge >= 0.3 is 0 Å². The third-order valence-corrected chi connectivity index (χ3v) is 5.52. The van der Waals surface area contributed by atoms with E-state index in [1.807, 2.05) is 40.6 Å². The van der Waals surface area contributed by atoms with Gasteiger partial charge in [-0.3, -0.25) is 4.79 Å². The van der Waals surface area contributed by atoms with Crippen molar-refractivity contribution < 1.29 is 9.53 Å². The minimum atomic E-state index is 0.0743. The van der Waals surface area contributed by atoms with Crippen LogP contribution in [0.1, 0.15) is 10.4 Å². The minimum absolute atomic E-state index is 0.0743. The van der Waals surface area contributed by atoms with Gasteiger partial charge in [-0.15, -0.1) is 11.3 Å². The Morgan fingerprint density at radius 1 is 1.07 bits per heavy atom. The van der Waals surface area contributed by atoms with E-state index in [9.17, 15) is 4.79 Å². The number of nitrogens with zero attached hydrogens (tertiary/aromatic N) is 4. The van der Waals surface area contributed by atoms with Crippen LogP contribution >= 0.6 is 11.3 Å². The van der Waals surface area contributed by atoms with Gasteiger partial charge in [0.2, 0.25) is 11.8 Å². The summed E-state index contributed by atoms with van der Waals surface area (Å²) in [5, 5.41) is 2.03. The lowest BCUT2D eigenvalue weighted by Gasteiger charge is -2.35. The van der Waals surface area contributed by atoms with Gasteiger partial charge < -0.3 is 14.5 Å². The van der Waals surface area contributed by atoms with Gasteiger partial charge in [0.05, 0.1) is 7.11 Å². The topological polar surface area (TPSA) is 58.6 Å². The maximum Gasteiger partial charge on any atom is 0.254 e. The Hall–Kier alpha value is -2.93. The van der Waals surface area contributed by atoms with E-state index in [4.69, 9.17) is 4.74 Å². The van der Waals surface area contributed by atoms with E-state index >= 15 is 0 Å². The average molecular weight is 380 g/mol. The smallest absolute Gasteiger partial charge is 0.254 e. The minimum Gasteiger partial charge on any atom is -0.481 e. The summed E-state index contributed by atoms with van der Waals surface area (Å²) in [5.41, 5.74) is 1.75. The summed E-state index contributed by atoms with van der Waals surface area (Å²) in [6.45, 7) is 2.66. The van der Waals surface area contributed by atoms with E-state index in [2.05, 4.69) is 20.9 Å². The first-order valence-electron chi connectivity index (χ1n) is 8.80. The molecule has 2 aromatic heterocycles. The summed E-state index contributed by atoms with van der Waals surface area (Å²) in [6.07, 6.45) is 1.69. The van der Waals surface area contributed by atoms with E-state index in [1.54, 1.807) is 30.7 Å². The number of hydrogen-bond acceptors (Lipinski definition) is 6. The van der Waals surface area contributed by atoms with Crippen LogP contribution < -0.4 is 9.64 Å². The summed E-state index contributed by atoms with van der Waals surface area (Å²) in [4.78, 5) is 26.9. The standard InChI is InChI=1S/C20H20N4O2S/c1-26-18-8-9-21-20(22-18)24-12-10-23(11-13-24)19(25)16-6-3-2-5-15(16)17-7-4-14-27-17/h2-9,14H,10-13H2,1H3. The molecule has 1 saturated heterocycles. The number of ether oxygens (including phenoxy) is 1. The number of rotatable bonds is 4. The molecule has 3 aromatic rings. The van der Waals surface area contributed by atoms with Crippen LogP contribution in [0.2, 0.25) is 0 Å². The molecule has 0 aliphatic carbocycles. The molecule has 6 nitrogen and oxygen atoms in total. The van der Waals surface area contributed by atoms with Gasteiger partial charge in [-0.05, 0) is 17.5 Å². The summed E-state index contributed by atoms with van der Waals surface area (Å²) in [5.74, 6) is 1.26. The second-order valence-corrected chi connectivity index (χ2v) is 7.15. The molecule has 0 N–H and O–H groups in total. The molecular weight excluding hydrogens is 360 g/mol. The SMILES string of the molecule is COc1ccnc(N2CCN(C(=O)c3ccccc3-c3cccs3)CC2)n1. The molecule has 1 aliphatic heterocycles. The summed E-state index contributed by atoms with van der Waals surface area (Å²) >= 11 is 1.65. The van der Waals surface area contributed by atoms with Gasteiger partial charge in [-0.25, -0.2) is 4.98 Å². The highest BCUT2D eigenvalue weighted by Gasteiger charge is 2.25. The van der Waals surface area contributed by atoms with Crippen molar-refractivity contribution in [1.29, 1.82) is 0 Å². The van der Waals surface area contributed by atoms with Crippen molar-refractivity contribution in [2.75, 3.05) is 38.2 Å². The lowest BCUT2D eigenvalue weighted by atomic mass is 10.0. The van der Waals surface area contributed by atoms with Gasteiger partial charge in [0.15, 0.2) is 0 Å². The monoisotopic (exact) mass is 380 g/mol. The molecule has 1 amide bonds. The second-order valence-electron chi connectivity index (χ2n) is 6.20. The predicted octanol–water partition coefficient (Wildman–Crippen LogP) is 3.18. The highest BCUT2D eigenvalue weighted by molar-refractivity contribution is 7.13. The van der Waals surface area contributed by atoms with E-state index in [0.717, 1.165) is 16.0 Å². The number of benzene rings is 1. The molecule has 4 rings (SSSR count). The van der Waals surface area contributed by atoms with Crippen LogP contribution in [0.5, 0.6) is 5.88 Å². The number of amides is 1. The number of carbonyl (C=O) groups is 1. The van der Waals surface area contributed by atoms with Gasteiger partial charge in [-0.1, -0.05) is 24.3 Å². The number of aromatic nitrogens is 2. The predicted molar refractivity (Wildman–Crippen MR) is 106 cm³/mol. The normalized spacial score (nSPS) is 14.3. The fourth-order valence-electron chi connectivity index (χ4n) is 3.19. The second kappa shape index (κ2) is 7.75. The van der Waals surface area contributed by atoms with Crippen molar-refractivity contribution in [1.82, 2.24) is 14.9 Å². The van der Waals surface area contributed by atoms with Gasteiger partial charge in [0.1, 0.15) is 0 Å². The van der Waals surface area contributed by atoms with E-state index in [-0.39, 0.29) is 5.91 Å². The zero-order chi connectivity index (χ0) is 18.6. The van der Waals surface area contributed by atoms with Crippen LogP contribution in [0.3, 0.4) is 0 Å². The fourth-order valence-corrected chi connectivity index (χ4v) is 3.96. The number of piperazine rings is 1. The number of thiophene rings is 1. The number of methoxy groups -OCH3 is 1. The first kappa shape index (κ1) is 17.5. The van der Waals surface area contributed by atoms with Crippen LogP contribution in [0, 0.1) is 0 Å². The van der Waals surface area contributed by atoms with Gasteiger partial charge in [0.25, 0.3) is 5.91 Å². The molecule has 138 valence electrons. The Labute approximate surface area is 162 Å². The molecule has 0 bridgehead atoms. The van der Waals surface area contributed by atoms with Crippen LogP contribution in [-0.2, 0) is 0 Å². The lowest BCUT2D eigenvalue weighted by Crippen LogP contribution is -2.49. The Balaban J connectivity index is 1.48. The Morgan fingerprint density at radius 3 is 2.63 bits per heavy atom. The molecule has 1 aromatic carbocycles. The largest absolute Gasteiger partial charge is 0.481 e. The molecule has 27 heavy (non-hydrogen) atoms. The van der Waals surface area contributed by atoms with Crippen molar-refractivity contribution in [3.8, 4) is 16.3 Å². The number of hydrogen-bond donors (Lipinski definition) is 0. The lowest BCUT2D eigenvalue weighted by molar-refractivity contribution is 0.0747.